The van der Waals surface area contributed by atoms with Crippen molar-refractivity contribution in [3.05, 3.63) is 23.8 Å². The Bertz CT molecular complexity index is 641. The number of benzene rings is 1. The van der Waals surface area contributed by atoms with Gasteiger partial charge in [-0.05, 0) is 45.4 Å². The standard InChI is InChI=1S/C15H20N4S/c1-10(2)19-15(4,8-16)9-20-14-17-12-6-5-11(3)7-13(12)18-14/h5-7,10,19H,9H2,1-4H3,(H,17,18). The van der Waals surface area contributed by atoms with E-state index in [-0.39, 0.29) is 6.04 Å². The third kappa shape index (κ3) is 3.53. The average Bonchev–Trinajstić information content (AvgIpc) is 2.77. The highest BCUT2D eigenvalue weighted by molar-refractivity contribution is 7.99. The first-order chi connectivity index (χ1) is 9.42. The summed E-state index contributed by atoms with van der Waals surface area (Å²) in [5.74, 6) is 0.653. The van der Waals surface area contributed by atoms with Gasteiger partial charge < -0.3 is 4.98 Å². The Balaban J connectivity index is 2.10. The van der Waals surface area contributed by atoms with Gasteiger partial charge in [-0.15, -0.1) is 0 Å². The molecule has 0 saturated carbocycles. The van der Waals surface area contributed by atoms with E-state index in [9.17, 15) is 5.26 Å². The molecule has 0 aliphatic heterocycles. The molecule has 1 unspecified atom stereocenters. The molecule has 2 rings (SSSR count). The number of fused-ring (bicyclic) bond motifs is 1. The molecule has 1 atom stereocenters. The minimum absolute atomic E-state index is 0.276. The number of nitriles is 1. The highest BCUT2D eigenvalue weighted by atomic mass is 32.2. The van der Waals surface area contributed by atoms with Crippen molar-refractivity contribution in [1.82, 2.24) is 15.3 Å². The lowest BCUT2D eigenvalue weighted by Crippen LogP contribution is -2.47. The van der Waals surface area contributed by atoms with Gasteiger partial charge in [-0.1, -0.05) is 17.8 Å². The molecule has 1 heterocycles. The molecule has 0 saturated heterocycles. The lowest BCUT2D eigenvalue weighted by molar-refractivity contribution is 0.443. The number of aromatic amines is 1. The number of imidazole rings is 1. The van der Waals surface area contributed by atoms with Crippen LogP contribution in [0.2, 0.25) is 0 Å². The van der Waals surface area contributed by atoms with Crippen LogP contribution in [0.25, 0.3) is 11.0 Å². The van der Waals surface area contributed by atoms with Crippen molar-refractivity contribution in [1.29, 1.82) is 5.26 Å². The van der Waals surface area contributed by atoms with Crippen molar-refractivity contribution in [2.24, 2.45) is 0 Å². The van der Waals surface area contributed by atoms with Gasteiger partial charge >= 0.3 is 0 Å². The molecule has 1 aromatic carbocycles. The summed E-state index contributed by atoms with van der Waals surface area (Å²) < 4.78 is 0. The molecule has 0 amide bonds. The highest BCUT2D eigenvalue weighted by Crippen LogP contribution is 2.23. The molecule has 2 N–H and O–H groups in total. The van der Waals surface area contributed by atoms with Crippen LogP contribution in [0, 0.1) is 18.3 Å². The maximum atomic E-state index is 9.33. The number of thioether (sulfide) groups is 1. The normalized spacial score (nSPS) is 14.4. The van der Waals surface area contributed by atoms with Gasteiger partial charge in [0.25, 0.3) is 0 Å². The second-order valence-corrected chi connectivity index (χ2v) is 6.56. The molecule has 1 aromatic heterocycles. The maximum absolute atomic E-state index is 9.33. The molecule has 4 nitrogen and oxygen atoms in total. The zero-order valence-electron chi connectivity index (χ0n) is 12.3. The number of aryl methyl sites for hydroxylation is 1. The number of rotatable bonds is 5. The fourth-order valence-corrected chi connectivity index (χ4v) is 3.04. The van der Waals surface area contributed by atoms with Crippen LogP contribution in [0.4, 0.5) is 0 Å². The quantitative estimate of drug-likeness (QED) is 0.829. The van der Waals surface area contributed by atoms with Gasteiger partial charge in [0.1, 0.15) is 5.54 Å². The average molecular weight is 288 g/mol. The van der Waals surface area contributed by atoms with Crippen LogP contribution in [0.1, 0.15) is 26.3 Å². The summed E-state index contributed by atoms with van der Waals surface area (Å²) in [5, 5.41) is 13.5. The molecule has 0 aliphatic carbocycles. The van der Waals surface area contributed by atoms with E-state index in [0.717, 1.165) is 16.2 Å². The van der Waals surface area contributed by atoms with Crippen LogP contribution in [0.3, 0.4) is 0 Å². The van der Waals surface area contributed by atoms with Gasteiger partial charge in [-0.25, -0.2) is 4.98 Å². The molecule has 5 heteroatoms. The first kappa shape index (κ1) is 14.9. The van der Waals surface area contributed by atoms with Crippen LogP contribution in [-0.4, -0.2) is 27.3 Å². The highest BCUT2D eigenvalue weighted by Gasteiger charge is 2.25. The fraction of sp³-hybridized carbons (Fsp3) is 0.467. The summed E-state index contributed by atoms with van der Waals surface area (Å²) in [5.41, 5.74) is 2.67. The molecule has 106 valence electrons. The Kier molecular flexibility index (Phi) is 4.36. The molecule has 0 fully saturated rings. The molecule has 0 spiro atoms. The predicted molar refractivity (Wildman–Crippen MR) is 83.8 cm³/mol. The van der Waals surface area contributed by atoms with E-state index >= 15 is 0 Å². The van der Waals surface area contributed by atoms with Crippen LogP contribution >= 0.6 is 11.8 Å². The maximum Gasteiger partial charge on any atom is 0.166 e. The summed E-state index contributed by atoms with van der Waals surface area (Å²) in [7, 11) is 0. The minimum atomic E-state index is -0.548. The van der Waals surface area contributed by atoms with Crippen molar-refractivity contribution in [3.8, 4) is 6.07 Å². The van der Waals surface area contributed by atoms with Gasteiger partial charge in [0.2, 0.25) is 0 Å². The van der Waals surface area contributed by atoms with Gasteiger partial charge in [0, 0.05) is 11.8 Å². The smallest absolute Gasteiger partial charge is 0.166 e. The van der Waals surface area contributed by atoms with Gasteiger partial charge in [0.15, 0.2) is 5.16 Å². The van der Waals surface area contributed by atoms with E-state index in [4.69, 9.17) is 0 Å². The SMILES string of the molecule is Cc1ccc2nc(SCC(C)(C#N)NC(C)C)[nH]c2c1. The predicted octanol–water partition coefficient (Wildman–Crippen LogP) is 3.24. The Labute approximate surface area is 124 Å². The summed E-state index contributed by atoms with van der Waals surface area (Å²) in [6, 6.07) is 8.78. The van der Waals surface area contributed by atoms with Crippen molar-refractivity contribution in [3.63, 3.8) is 0 Å². The number of H-pyrrole nitrogens is 1. The Hall–Kier alpha value is -1.51. The lowest BCUT2D eigenvalue weighted by Gasteiger charge is -2.24. The Morgan fingerprint density at radius 3 is 2.90 bits per heavy atom. The zero-order chi connectivity index (χ0) is 14.8. The van der Waals surface area contributed by atoms with E-state index in [1.165, 1.54) is 5.56 Å². The molecule has 0 radical (unpaired) electrons. The first-order valence-electron chi connectivity index (χ1n) is 6.70. The lowest BCUT2D eigenvalue weighted by atomic mass is 10.1. The largest absolute Gasteiger partial charge is 0.333 e. The summed E-state index contributed by atoms with van der Waals surface area (Å²) >= 11 is 1.57. The van der Waals surface area contributed by atoms with Crippen molar-refractivity contribution in [2.45, 2.75) is 44.4 Å². The number of nitrogens with zero attached hydrogens (tertiary/aromatic N) is 2. The number of hydrogen-bond acceptors (Lipinski definition) is 4. The first-order valence-corrected chi connectivity index (χ1v) is 7.68. The molecule has 2 aromatic rings. The summed E-state index contributed by atoms with van der Waals surface area (Å²) in [6.07, 6.45) is 0. The van der Waals surface area contributed by atoms with Crippen LogP contribution < -0.4 is 5.32 Å². The second kappa shape index (κ2) is 5.86. The van der Waals surface area contributed by atoms with E-state index in [1.54, 1.807) is 11.8 Å². The second-order valence-electron chi connectivity index (χ2n) is 5.59. The molecule has 0 aliphatic rings. The minimum Gasteiger partial charge on any atom is -0.333 e. The summed E-state index contributed by atoms with van der Waals surface area (Å²) in [6.45, 7) is 8.08. The Morgan fingerprint density at radius 2 is 2.25 bits per heavy atom. The third-order valence-electron chi connectivity index (χ3n) is 2.97. The van der Waals surface area contributed by atoms with E-state index < -0.39 is 5.54 Å². The number of nitrogens with one attached hydrogen (secondary N) is 2. The molecule has 20 heavy (non-hydrogen) atoms. The third-order valence-corrected chi connectivity index (χ3v) is 4.16. The van der Waals surface area contributed by atoms with Crippen molar-refractivity contribution >= 4 is 22.8 Å². The van der Waals surface area contributed by atoms with Crippen molar-refractivity contribution in [2.75, 3.05) is 5.75 Å². The number of hydrogen-bond donors (Lipinski definition) is 2. The van der Waals surface area contributed by atoms with E-state index in [0.29, 0.717) is 5.75 Å². The van der Waals surface area contributed by atoms with Gasteiger partial charge in [-0.2, -0.15) is 5.26 Å². The molecular formula is C15H20N4S. The van der Waals surface area contributed by atoms with Gasteiger partial charge in [-0.3, -0.25) is 5.32 Å². The van der Waals surface area contributed by atoms with E-state index in [1.807, 2.05) is 26.8 Å². The zero-order valence-corrected chi connectivity index (χ0v) is 13.1. The number of aromatic nitrogens is 2. The summed E-state index contributed by atoms with van der Waals surface area (Å²) in [4.78, 5) is 7.84. The van der Waals surface area contributed by atoms with Gasteiger partial charge in [0.05, 0.1) is 17.1 Å². The monoisotopic (exact) mass is 288 g/mol. The Morgan fingerprint density at radius 1 is 1.50 bits per heavy atom. The molecular weight excluding hydrogens is 268 g/mol. The van der Waals surface area contributed by atoms with Crippen LogP contribution in [-0.2, 0) is 0 Å². The van der Waals surface area contributed by atoms with Crippen LogP contribution in [0.15, 0.2) is 23.4 Å². The van der Waals surface area contributed by atoms with Crippen molar-refractivity contribution < 1.29 is 0 Å². The fourth-order valence-electron chi connectivity index (χ4n) is 2.12. The van der Waals surface area contributed by atoms with Crippen LogP contribution in [0.5, 0.6) is 0 Å². The molecule has 0 bridgehead atoms. The topological polar surface area (TPSA) is 64.5 Å². The van der Waals surface area contributed by atoms with E-state index in [2.05, 4.69) is 40.4 Å².